The number of alkyl carbamates (subject to hydrolysis) is 1. The summed E-state index contributed by atoms with van der Waals surface area (Å²) in [7, 11) is 1.24. The minimum absolute atomic E-state index is 0.0535. The Morgan fingerprint density at radius 1 is 0.810 bits per heavy atom. The van der Waals surface area contributed by atoms with E-state index < -0.39 is 96.0 Å². The number of nitrogens with zero attached hydrogens (tertiary/aromatic N) is 1. The summed E-state index contributed by atoms with van der Waals surface area (Å²) in [4.78, 5) is 94.8. The highest BCUT2D eigenvalue weighted by molar-refractivity contribution is 5.94. The van der Waals surface area contributed by atoms with Gasteiger partial charge in [-0.3, -0.25) is 28.9 Å². The zero-order valence-electron chi connectivity index (χ0n) is 38.0. The summed E-state index contributed by atoms with van der Waals surface area (Å²) in [5.41, 5.74) is 6.38. The van der Waals surface area contributed by atoms with Crippen LogP contribution in [0.1, 0.15) is 91.7 Å². The Balaban J connectivity index is 1.83. The molecule has 0 spiro atoms. The topological polar surface area (TPSA) is 248 Å². The molecule has 3 rings (SSSR count). The van der Waals surface area contributed by atoms with Crippen molar-refractivity contribution in [3.8, 4) is 0 Å². The van der Waals surface area contributed by atoms with Crippen molar-refractivity contribution in [2.45, 2.75) is 141 Å². The third-order valence-electron chi connectivity index (χ3n) is 11.0. The quantitative estimate of drug-likeness (QED) is 0.0799. The number of aliphatic hydroxyl groups excluding tert-OH is 1. The number of carbonyl (C=O) groups excluding carboxylic acids is 7. The molecular weight excluding hydrogens is 811 g/mol. The van der Waals surface area contributed by atoms with Crippen LogP contribution in [-0.4, -0.2) is 120 Å². The normalized spacial score (nSPS) is 17.5. The molecule has 1 saturated heterocycles. The van der Waals surface area contributed by atoms with Gasteiger partial charge in [0.2, 0.25) is 29.5 Å². The number of ether oxygens (including phenoxy) is 2. The average molecular weight is 880 g/mol. The molecule has 0 radical (unpaired) electrons. The summed E-state index contributed by atoms with van der Waals surface area (Å²) >= 11 is 0. The van der Waals surface area contributed by atoms with Crippen LogP contribution in [0.4, 0.5) is 4.79 Å². The van der Waals surface area contributed by atoms with Crippen LogP contribution >= 0.6 is 0 Å². The fourth-order valence-electron chi connectivity index (χ4n) is 7.32. The lowest BCUT2D eigenvalue weighted by atomic mass is 9.96. The van der Waals surface area contributed by atoms with Crippen molar-refractivity contribution >= 4 is 41.6 Å². The van der Waals surface area contributed by atoms with Crippen molar-refractivity contribution in [2.24, 2.45) is 17.6 Å². The first-order chi connectivity index (χ1) is 29.7. The number of hydrogen-bond acceptors (Lipinski definition) is 11. The third-order valence-corrected chi connectivity index (χ3v) is 11.0. The molecule has 17 heteroatoms. The van der Waals surface area contributed by atoms with Gasteiger partial charge in [-0.1, -0.05) is 94.8 Å². The number of aryl methyl sites for hydroxylation is 1. The zero-order chi connectivity index (χ0) is 46.9. The number of likely N-dealkylation sites (tertiary alicyclic amines) is 1. The molecule has 2 unspecified atom stereocenters. The third kappa shape index (κ3) is 17.3. The lowest BCUT2D eigenvalue weighted by Crippen LogP contribution is -2.59. The maximum absolute atomic E-state index is 14.1. The Labute approximate surface area is 371 Å². The molecule has 8 N–H and O–H groups in total. The summed E-state index contributed by atoms with van der Waals surface area (Å²) in [6, 6.07) is 12.2. The van der Waals surface area contributed by atoms with Gasteiger partial charge in [-0.15, -0.1) is 0 Å². The first kappa shape index (κ1) is 51.8. The number of primary amides is 1. The number of hydrogen-bond donors (Lipinski definition) is 7. The molecule has 348 valence electrons. The van der Waals surface area contributed by atoms with Gasteiger partial charge in [0.1, 0.15) is 29.8 Å². The Hall–Kier alpha value is -5.55. The van der Waals surface area contributed by atoms with Crippen LogP contribution in [0.3, 0.4) is 0 Å². The van der Waals surface area contributed by atoms with E-state index in [9.17, 15) is 38.7 Å². The largest absolute Gasteiger partial charge is 0.467 e. The van der Waals surface area contributed by atoms with Gasteiger partial charge in [-0.25, -0.2) is 9.59 Å². The molecule has 0 saturated carbocycles. The van der Waals surface area contributed by atoms with Gasteiger partial charge in [-0.2, -0.15) is 0 Å². The van der Waals surface area contributed by atoms with E-state index in [2.05, 4.69) is 26.6 Å². The molecule has 1 aliphatic rings. The molecule has 0 aromatic heterocycles. The Kier molecular flexibility index (Phi) is 20.5. The van der Waals surface area contributed by atoms with Gasteiger partial charge in [-0.05, 0) is 82.4 Å². The van der Waals surface area contributed by atoms with E-state index >= 15 is 0 Å². The van der Waals surface area contributed by atoms with Crippen LogP contribution in [-0.2, 0) is 51.1 Å². The number of nitrogens with one attached hydrogen (secondary N) is 5. The van der Waals surface area contributed by atoms with Gasteiger partial charge >= 0.3 is 12.1 Å². The zero-order valence-corrected chi connectivity index (χ0v) is 38.0. The standard InChI is InChI=1S/C46H69N7O10/c1-9-29(4)39(43(59)51-38(28(2)3)44(60)62-8)52-42(58)35-21-16-24-53(35)27-36(54)33(25-31-19-14-11-15-20-31)48-41(57)34(26-37(47)55)49-40(56)32(50-45(61)63-46(5,6)7)23-22-30-17-12-10-13-18-30/h10-15,17-20,28-29,32-36,38-39,54H,9,16,21-27H2,1-8H3,(H2,47,55)(H,48,57)(H,49,56)(H,50,61)(H,51,59)(H,52,58)/t29?,32-,33-,34-,35-,36?,38-,39-/m0/s1. The van der Waals surface area contributed by atoms with Crippen molar-refractivity contribution in [2.75, 3.05) is 20.2 Å². The number of esters is 1. The van der Waals surface area contributed by atoms with E-state index in [1.54, 1.807) is 39.5 Å². The first-order valence-electron chi connectivity index (χ1n) is 21.8. The second-order valence-electron chi connectivity index (χ2n) is 17.6. The first-order valence-corrected chi connectivity index (χ1v) is 21.8. The van der Waals surface area contributed by atoms with Crippen LogP contribution in [0, 0.1) is 11.8 Å². The summed E-state index contributed by atoms with van der Waals surface area (Å²) < 4.78 is 10.3. The van der Waals surface area contributed by atoms with Crippen LogP contribution in [0.2, 0.25) is 0 Å². The molecule has 1 aliphatic heterocycles. The number of methoxy groups -OCH3 is 1. The van der Waals surface area contributed by atoms with Gasteiger partial charge in [0.25, 0.3) is 0 Å². The summed E-state index contributed by atoms with van der Waals surface area (Å²) in [5, 5.41) is 25.5. The van der Waals surface area contributed by atoms with Gasteiger partial charge < -0.3 is 46.9 Å². The number of β-amino-alcohol motifs (C(OH)–C–C–N with tert-alkyl or cyclic N) is 1. The molecule has 1 fully saturated rings. The van der Waals surface area contributed by atoms with Crippen LogP contribution in [0.5, 0.6) is 0 Å². The van der Waals surface area contributed by atoms with Crippen LogP contribution < -0.4 is 32.3 Å². The predicted octanol–water partition coefficient (Wildman–Crippen LogP) is 2.27. The SMILES string of the molecule is CCC(C)[C@H](NC(=O)[C@@H]1CCCN1CC(O)[C@H](Cc1ccccc1)NC(=O)[C@H](CC(N)=O)NC(=O)[C@H](CCc1ccccc1)NC(=O)OC(C)(C)C)C(=O)N[C@H](C(=O)OC)C(C)C. The lowest BCUT2D eigenvalue weighted by Gasteiger charge is -2.33. The van der Waals surface area contributed by atoms with Crippen LogP contribution in [0.15, 0.2) is 60.7 Å². The molecule has 63 heavy (non-hydrogen) atoms. The monoisotopic (exact) mass is 880 g/mol. The van der Waals surface area contributed by atoms with Crippen molar-refractivity contribution in [3.63, 3.8) is 0 Å². The molecule has 8 atom stereocenters. The van der Waals surface area contributed by atoms with Crippen molar-refractivity contribution in [1.82, 2.24) is 31.5 Å². The van der Waals surface area contributed by atoms with Crippen molar-refractivity contribution in [3.05, 3.63) is 71.8 Å². The smallest absolute Gasteiger partial charge is 0.408 e. The van der Waals surface area contributed by atoms with Crippen LogP contribution in [0.25, 0.3) is 0 Å². The molecule has 0 bridgehead atoms. The summed E-state index contributed by atoms with van der Waals surface area (Å²) in [6.07, 6.45) is -0.407. The summed E-state index contributed by atoms with van der Waals surface area (Å²) in [5.74, 6) is -4.52. The fourth-order valence-corrected chi connectivity index (χ4v) is 7.32. The van der Waals surface area contributed by atoms with E-state index in [0.717, 1.165) is 11.1 Å². The summed E-state index contributed by atoms with van der Waals surface area (Å²) in [6.45, 7) is 12.7. The second-order valence-corrected chi connectivity index (χ2v) is 17.6. The molecule has 2 aromatic carbocycles. The Morgan fingerprint density at radius 3 is 1.97 bits per heavy atom. The van der Waals surface area contributed by atoms with E-state index in [-0.39, 0.29) is 31.2 Å². The minimum atomic E-state index is -1.48. The van der Waals surface area contributed by atoms with E-state index in [1.807, 2.05) is 74.5 Å². The predicted molar refractivity (Wildman–Crippen MR) is 237 cm³/mol. The number of rotatable bonds is 23. The molecule has 1 heterocycles. The maximum Gasteiger partial charge on any atom is 0.408 e. The van der Waals surface area contributed by atoms with Gasteiger partial charge in [0, 0.05) is 6.54 Å². The molecular formula is C46H69N7O10. The number of benzene rings is 2. The number of nitrogens with two attached hydrogens (primary N) is 1. The molecule has 2 aromatic rings. The van der Waals surface area contributed by atoms with Crippen molar-refractivity contribution in [1.29, 1.82) is 0 Å². The van der Waals surface area contributed by atoms with Crippen molar-refractivity contribution < 1.29 is 48.1 Å². The lowest BCUT2D eigenvalue weighted by molar-refractivity contribution is -0.147. The average Bonchev–Trinajstić information content (AvgIpc) is 3.70. The highest BCUT2D eigenvalue weighted by Crippen LogP contribution is 2.21. The van der Waals surface area contributed by atoms with E-state index in [0.29, 0.717) is 32.2 Å². The molecule has 6 amide bonds. The highest BCUT2D eigenvalue weighted by atomic mass is 16.6. The van der Waals surface area contributed by atoms with Gasteiger partial charge in [0.05, 0.1) is 31.7 Å². The second kappa shape index (κ2) is 24.9. The highest BCUT2D eigenvalue weighted by Gasteiger charge is 2.39. The Morgan fingerprint density at radius 2 is 1.41 bits per heavy atom. The minimum Gasteiger partial charge on any atom is -0.467 e. The van der Waals surface area contributed by atoms with E-state index in [4.69, 9.17) is 15.2 Å². The molecule has 0 aliphatic carbocycles. The maximum atomic E-state index is 14.1. The number of amides is 6. The van der Waals surface area contributed by atoms with Gasteiger partial charge in [0.15, 0.2) is 0 Å². The fraction of sp³-hybridized carbons (Fsp3) is 0.587. The Bertz CT molecular complexity index is 1820. The molecule has 17 nitrogen and oxygen atoms in total. The number of carbonyl (C=O) groups is 7. The number of aliphatic hydroxyl groups is 1. The van der Waals surface area contributed by atoms with E-state index in [1.165, 1.54) is 7.11 Å².